The quantitative estimate of drug-likeness (QED) is 0.166. The van der Waals surface area contributed by atoms with E-state index in [0.29, 0.717) is 25.1 Å². The Morgan fingerprint density at radius 2 is 2.10 bits per heavy atom. The van der Waals surface area contributed by atoms with Gasteiger partial charge in [0, 0.05) is 12.7 Å². The van der Waals surface area contributed by atoms with Crippen molar-refractivity contribution in [1.29, 1.82) is 0 Å². The van der Waals surface area contributed by atoms with E-state index >= 15 is 0 Å². The number of aliphatic imine (C=N–C) groups is 1. The maximum Gasteiger partial charge on any atom is 0.202 e. The molecule has 0 amide bonds. The number of carbonyl (C=O) groups excluding carboxylic acids is 1. The van der Waals surface area contributed by atoms with Crippen LogP contribution in [0.3, 0.4) is 0 Å². The van der Waals surface area contributed by atoms with Crippen LogP contribution in [0.4, 0.5) is 10.1 Å². The van der Waals surface area contributed by atoms with E-state index in [1.807, 2.05) is 44.2 Å². The number of nitrogens with one attached hydrogen (secondary N) is 1. The number of aryl methyl sites for hydroxylation is 1. The lowest BCUT2D eigenvalue weighted by molar-refractivity contribution is -0.107. The standard InChI is InChI=1S/C22H28FN3O3/c1-6-8-18(9-7-12-23)14-26(15-20(16-27)29-5)22(24-3)25-21-11-10-19(28-4)13-17(21)2/h6-13,15-16H,14H2,1-5H3,(H,24,25)/b8-6-,12-7+,18-9+,20-15+. The van der Waals surface area contributed by atoms with Crippen LogP contribution in [-0.4, -0.2) is 45.0 Å². The SMILES string of the molecule is C\C=C/C(=C\C=C\F)CN(/C=C(\C=O)OC)C(=NC)Nc1ccc(OC)cc1C. The van der Waals surface area contributed by atoms with Gasteiger partial charge in [0.2, 0.25) is 5.96 Å². The number of allylic oxidation sites excluding steroid dienone is 4. The number of ether oxygens (including phenoxy) is 2. The number of aldehydes is 1. The van der Waals surface area contributed by atoms with Crippen LogP contribution < -0.4 is 10.1 Å². The Kier molecular flexibility index (Phi) is 10.6. The van der Waals surface area contributed by atoms with Gasteiger partial charge >= 0.3 is 0 Å². The Hall–Kier alpha value is -3.35. The summed E-state index contributed by atoms with van der Waals surface area (Å²) < 4.78 is 22.8. The molecule has 1 rings (SSSR count). The highest BCUT2D eigenvalue weighted by atomic mass is 19.1. The summed E-state index contributed by atoms with van der Waals surface area (Å²) in [5.41, 5.74) is 2.59. The molecule has 0 aromatic heterocycles. The molecule has 156 valence electrons. The van der Waals surface area contributed by atoms with Gasteiger partial charge in [0.05, 0.1) is 33.3 Å². The topological polar surface area (TPSA) is 63.2 Å². The van der Waals surface area contributed by atoms with Crippen molar-refractivity contribution in [3.63, 3.8) is 0 Å². The molecule has 0 heterocycles. The average molecular weight is 401 g/mol. The lowest BCUT2D eigenvalue weighted by Crippen LogP contribution is -2.34. The van der Waals surface area contributed by atoms with Gasteiger partial charge in [0.15, 0.2) is 12.0 Å². The molecule has 1 aromatic rings. The summed E-state index contributed by atoms with van der Waals surface area (Å²) >= 11 is 0. The minimum absolute atomic E-state index is 0.125. The summed E-state index contributed by atoms with van der Waals surface area (Å²) in [6.07, 6.45) is 9.25. The highest BCUT2D eigenvalue weighted by molar-refractivity contribution is 5.95. The predicted octanol–water partition coefficient (Wildman–Crippen LogP) is 4.38. The van der Waals surface area contributed by atoms with E-state index < -0.39 is 0 Å². The maximum absolute atomic E-state index is 12.5. The number of halogens is 1. The molecule has 0 spiro atoms. The smallest absolute Gasteiger partial charge is 0.202 e. The van der Waals surface area contributed by atoms with Gasteiger partial charge in [-0.3, -0.25) is 9.79 Å². The molecule has 1 N–H and O–H groups in total. The van der Waals surface area contributed by atoms with Crippen molar-refractivity contribution < 1.29 is 18.7 Å². The zero-order valence-corrected chi connectivity index (χ0v) is 17.5. The van der Waals surface area contributed by atoms with Gasteiger partial charge < -0.3 is 19.7 Å². The number of rotatable bonds is 9. The van der Waals surface area contributed by atoms with Crippen molar-refractivity contribution in [3.05, 3.63) is 71.9 Å². The van der Waals surface area contributed by atoms with Crippen molar-refractivity contribution in [2.24, 2.45) is 4.99 Å². The molecule has 6 nitrogen and oxygen atoms in total. The van der Waals surface area contributed by atoms with E-state index in [1.165, 1.54) is 19.4 Å². The van der Waals surface area contributed by atoms with E-state index in [9.17, 15) is 9.18 Å². The highest BCUT2D eigenvalue weighted by Gasteiger charge is 2.13. The summed E-state index contributed by atoms with van der Waals surface area (Å²) in [5, 5.41) is 3.27. The van der Waals surface area contributed by atoms with Crippen molar-refractivity contribution in [1.82, 2.24) is 4.90 Å². The second kappa shape index (κ2) is 12.9. The van der Waals surface area contributed by atoms with Crippen LogP contribution in [0, 0.1) is 6.92 Å². The zero-order valence-electron chi connectivity index (χ0n) is 17.5. The molecule has 0 bridgehead atoms. The van der Waals surface area contributed by atoms with Gasteiger partial charge in [-0.2, -0.15) is 0 Å². The van der Waals surface area contributed by atoms with Crippen LogP contribution in [0.2, 0.25) is 0 Å². The molecule has 0 atom stereocenters. The number of anilines is 1. The predicted molar refractivity (Wildman–Crippen MR) is 116 cm³/mol. The van der Waals surface area contributed by atoms with E-state index in [0.717, 1.165) is 22.6 Å². The molecule has 0 radical (unpaired) electrons. The molecule has 0 fully saturated rings. The minimum Gasteiger partial charge on any atom is -0.497 e. The summed E-state index contributed by atoms with van der Waals surface area (Å²) in [6.45, 7) is 4.14. The van der Waals surface area contributed by atoms with Crippen LogP contribution >= 0.6 is 0 Å². The van der Waals surface area contributed by atoms with E-state index in [2.05, 4.69) is 10.3 Å². The summed E-state index contributed by atoms with van der Waals surface area (Å²) in [5.74, 6) is 1.35. The molecule has 0 unspecified atom stereocenters. The van der Waals surface area contributed by atoms with E-state index in [-0.39, 0.29) is 5.76 Å². The molecule has 0 saturated carbocycles. The number of guanidine groups is 1. The van der Waals surface area contributed by atoms with Crippen molar-refractivity contribution in [2.45, 2.75) is 13.8 Å². The van der Waals surface area contributed by atoms with Crippen LogP contribution in [0.5, 0.6) is 5.75 Å². The lowest BCUT2D eigenvalue weighted by atomic mass is 10.2. The highest BCUT2D eigenvalue weighted by Crippen LogP contribution is 2.21. The zero-order chi connectivity index (χ0) is 21.6. The fourth-order valence-corrected chi connectivity index (χ4v) is 2.48. The molecule has 0 saturated heterocycles. The first-order valence-corrected chi connectivity index (χ1v) is 8.97. The monoisotopic (exact) mass is 401 g/mol. The number of benzene rings is 1. The van der Waals surface area contributed by atoms with Crippen LogP contribution in [0.15, 0.2) is 71.4 Å². The summed E-state index contributed by atoms with van der Waals surface area (Å²) in [4.78, 5) is 17.3. The Morgan fingerprint density at radius 1 is 1.34 bits per heavy atom. The number of nitrogens with zero attached hydrogens (tertiary/aromatic N) is 2. The first kappa shape index (κ1) is 23.7. The Labute approximate surface area is 171 Å². The van der Waals surface area contributed by atoms with Crippen LogP contribution in [0.25, 0.3) is 0 Å². The molecule has 0 aliphatic heterocycles. The molecule has 0 aliphatic carbocycles. The van der Waals surface area contributed by atoms with Gasteiger partial charge in [-0.05, 0) is 49.3 Å². The molecule has 29 heavy (non-hydrogen) atoms. The van der Waals surface area contributed by atoms with Gasteiger partial charge in [0.25, 0.3) is 0 Å². The van der Waals surface area contributed by atoms with E-state index in [4.69, 9.17) is 9.47 Å². The molecule has 0 aliphatic rings. The number of carbonyl (C=O) groups is 1. The second-order valence-electron chi connectivity index (χ2n) is 5.89. The minimum atomic E-state index is 0.125. The molecular formula is C22H28FN3O3. The Balaban J connectivity index is 3.30. The second-order valence-corrected chi connectivity index (χ2v) is 5.89. The average Bonchev–Trinajstić information content (AvgIpc) is 2.74. The van der Waals surface area contributed by atoms with Gasteiger partial charge in [-0.15, -0.1) is 0 Å². The normalized spacial score (nSPS) is 13.1. The Bertz CT molecular complexity index is 827. The van der Waals surface area contributed by atoms with Gasteiger partial charge in [-0.25, -0.2) is 4.39 Å². The Morgan fingerprint density at radius 3 is 2.62 bits per heavy atom. The fourth-order valence-electron chi connectivity index (χ4n) is 2.48. The van der Waals surface area contributed by atoms with Crippen LogP contribution in [-0.2, 0) is 9.53 Å². The fraction of sp³-hybridized carbons (Fsp3) is 0.273. The molecular weight excluding hydrogens is 373 g/mol. The third kappa shape index (κ3) is 7.65. The van der Waals surface area contributed by atoms with Crippen molar-refractivity contribution in [3.8, 4) is 5.75 Å². The lowest BCUT2D eigenvalue weighted by Gasteiger charge is -2.25. The maximum atomic E-state index is 12.5. The van der Waals surface area contributed by atoms with E-state index in [1.54, 1.807) is 25.1 Å². The third-order valence-corrected chi connectivity index (χ3v) is 3.92. The van der Waals surface area contributed by atoms with Crippen LogP contribution in [0.1, 0.15) is 12.5 Å². The summed E-state index contributed by atoms with van der Waals surface area (Å²) in [7, 11) is 4.66. The van der Waals surface area contributed by atoms with Gasteiger partial charge in [-0.1, -0.05) is 18.2 Å². The van der Waals surface area contributed by atoms with Crippen molar-refractivity contribution >= 4 is 17.9 Å². The van der Waals surface area contributed by atoms with Crippen molar-refractivity contribution in [2.75, 3.05) is 33.1 Å². The largest absolute Gasteiger partial charge is 0.497 e. The number of hydrogen-bond donors (Lipinski definition) is 1. The number of hydrogen-bond acceptors (Lipinski definition) is 4. The summed E-state index contributed by atoms with van der Waals surface area (Å²) in [6, 6.07) is 5.62. The molecule has 1 aromatic carbocycles. The molecule has 7 heteroatoms. The van der Waals surface area contributed by atoms with Gasteiger partial charge in [0.1, 0.15) is 5.75 Å². The number of methoxy groups -OCH3 is 2. The first-order chi connectivity index (χ1) is 14.0. The third-order valence-electron chi connectivity index (χ3n) is 3.92. The first-order valence-electron chi connectivity index (χ1n) is 8.97.